The number of nitrogens with two attached hydrogens (primary N) is 2. The molecular formula is C14H24N2. The van der Waals surface area contributed by atoms with Crippen LogP contribution in [0, 0.1) is 27.7 Å². The minimum atomic E-state index is 0.0407. The van der Waals surface area contributed by atoms with Crippen molar-refractivity contribution in [3.8, 4) is 0 Å². The summed E-state index contributed by atoms with van der Waals surface area (Å²) in [5.41, 5.74) is 19.9. The fourth-order valence-electron chi connectivity index (χ4n) is 2.54. The Morgan fingerprint density at radius 3 is 1.06 bits per heavy atom. The zero-order chi connectivity index (χ0) is 12.6. The highest BCUT2D eigenvalue weighted by molar-refractivity contribution is 5.52. The van der Waals surface area contributed by atoms with Crippen LogP contribution in [0.1, 0.15) is 59.3 Å². The number of rotatable bonds is 2. The lowest BCUT2D eigenvalue weighted by molar-refractivity contribution is 0.731. The first kappa shape index (κ1) is 13.2. The summed E-state index contributed by atoms with van der Waals surface area (Å²) in [6, 6.07) is 0.0815. The van der Waals surface area contributed by atoms with Crippen LogP contribution < -0.4 is 11.5 Å². The van der Waals surface area contributed by atoms with Crippen molar-refractivity contribution in [2.24, 2.45) is 11.5 Å². The van der Waals surface area contributed by atoms with Crippen molar-refractivity contribution >= 4 is 0 Å². The Morgan fingerprint density at radius 1 is 0.625 bits per heavy atom. The summed E-state index contributed by atoms with van der Waals surface area (Å²) in [5, 5.41) is 0. The Kier molecular flexibility index (Phi) is 3.76. The van der Waals surface area contributed by atoms with Crippen LogP contribution in [-0.2, 0) is 0 Å². The van der Waals surface area contributed by atoms with Crippen LogP contribution in [0.3, 0.4) is 0 Å². The van der Waals surface area contributed by atoms with Gasteiger partial charge in [-0.1, -0.05) is 0 Å². The van der Waals surface area contributed by atoms with Crippen molar-refractivity contribution in [1.82, 2.24) is 0 Å². The maximum atomic E-state index is 6.09. The van der Waals surface area contributed by atoms with Crippen molar-refractivity contribution in [3.63, 3.8) is 0 Å². The van der Waals surface area contributed by atoms with E-state index in [0.717, 1.165) is 0 Å². The Hall–Kier alpha value is -0.860. The molecular weight excluding hydrogens is 196 g/mol. The van der Waals surface area contributed by atoms with Gasteiger partial charge in [0.25, 0.3) is 0 Å². The zero-order valence-electron chi connectivity index (χ0n) is 11.3. The highest BCUT2D eigenvalue weighted by atomic mass is 14.7. The summed E-state index contributed by atoms with van der Waals surface area (Å²) in [5.74, 6) is 0. The predicted octanol–water partition coefficient (Wildman–Crippen LogP) is 2.96. The Bertz CT molecular complexity index is 365. The molecule has 0 bridgehead atoms. The molecule has 0 spiro atoms. The normalized spacial score (nSPS) is 15.0. The summed E-state index contributed by atoms with van der Waals surface area (Å²) < 4.78 is 0. The average molecular weight is 220 g/mol. The standard InChI is InChI=1S/C14H24N2/c1-7-8(2)10(4)14(12(6)16)13(9(7)3)11(5)15/h11-12H,15-16H2,1-6H3. The van der Waals surface area contributed by atoms with Gasteiger partial charge in [0.1, 0.15) is 0 Å². The molecule has 2 nitrogen and oxygen atoms in total. The topological polar surface area (TPSA) is 52.0 Å². The minimum absolute atomic E-state index is 0.0407. The van der Waals surface area contributed by atoms with Gasteiger partial charge in [-0.2, -0.15) is 0 Å². The number of benzene rings is 1. The van der Waals surface area contributed by atoms with E-state index in [2.05, 4.69) is 27.7 Å². The SMILES string of the molecule is Cc1c(C)c(C)c(C(C)N)c(C(C)N)c1C. The lowest BCUT2D eigenvalue weighted by Crippen LogP contribution is -2.19. The quantitative estimate of drug-likeness (QED) is 0.805. The molecule has 1 aromatic carbocycles. The number of hydrogen-bond donors (Lipinski definition) is 2. The molecule has 90 valence electrons. The van der Waals surface area contributed by atoms with Gasteiger partial charge in [-0.05, 0) is 74.9 Å². The molecule has 0 aliphatic rings. The molecule has 2 heteroatoms. The van der Waals surface area contributed by atoms with E-state index in [1.807, 2.05) is 13.8 Å². The lowest BCUT2D eigenvalue weighted by atomic mass is 9.84. The second-order valence-corrected chi connectivity index (χ2v) is 4.90. The fourth-order valence-corrected chi connectivity index (χ4v) is 2.54. The Balaban J connectivity index is 3.69. The molecule has 2 atom stereocenters. The van der Waals surface area contributed by atoms with Crippen LogP contribution in [0.4, 0.5) is 0 Å². The molecule has 0 amide bonds. The molecule has 1 aromatic rings. The zero-order valence-corrected chi connectivity index (χ0v) is 11.3. The Morgan fingerprint density at radius 2 is 0.875 bits per heavy atom. The van der Waals surface area contributed by atoms with E-state index in [1.165, 1.54) is 33.4 Å². The maximum absolute atomic E-state index is 6.09. The van der Waals surface area contributed by atoms with Crippen LogP contribution in [0.25, 0.3) is 0 Å². The molecule has 0 radical (unpaired) electrons. The largest absolute Gasteiger partial charge is 0.324 e. The second-order valence-electron chi connectivity index (χ2n) is 4.90. The van der Waals surface area contributed by atoms with Crippen molar-refractivity contribution in [3.05, 3.63) is 33.4 Å². The second kappa shape index (κ2) is 4.56. The van der Waals surface area contributed by atoms with E-state index in [0.29, 0.717) is 0 Å². The monoisotopic (exact) mass is 220 g/mol. The van der Waals surface area contributed by atoms with Crippen molar-refractivity contribution in [1.29, 1.82) is 0 Å². The Labute approximate surface area is 99.0 Å². The molecule has 0 aliphatic carbocycles. The molecule has 1 rings (SSSR count). The number of hydrogen-bond acceptors (Lipinski definition) is 2. The van der Waals surface area contributed by atoms with E-state index >= 15 is 0 Å². The molecule has 0 saturated heterocycles. The molecule has 0 heterocycles. The third-order valence-electron chi connectivity index (χ3n) is 3.70. The first-order valence-electron chi connectivity index (χ1n) is 5.90. The summed E-state index contributed by atoms with van der Waals surface area (Å²) in [4.78, 5) is 0. The van der Waals surface area contributed by atoms with E-state index in [4.69, 9.17) is 11.5 Å². The molecule has 0 aliphatic heterocycles. The molecule has 2 unspecified atom stereocenters. The molecule has 0 fully saturated rings. The van der Waals surface area contributed by atoms with Crippen LogP contribution in [0.15, 0.2) is 0 Å². The first-order chi connectivity index (χ1) is 7.29. The average Bonchev–Trinajstić information content (AvgIpc) is 2.18. The van der Waals surface area contributed by atoms with Gasteiger partial charge in [-0.15, -0.1) is 0 Å². The fraction of sp³-hybridized carbons (Fsp3) is 0.571. The first-order valence-corrected chi connectivity index (χ1v) is 5.90. The smallest absolute Gasteiger partial charge is 0.0272 e. The molecule has 4 N–H and O–H groups in total. The van der Waals surface area contributed by atoms with Crippen molar-refractivity contribution < 1.29 is 0 Å². The third kappa shape index (κ3) is 2.00. The maximum Gasteiger partial charge on any atom is 0.0272 e. The van der Waals surface area contributed by atoms with E-state index in [-0.39, 0.29) is 12.1 Å². The van der Waals surface area contributed by atoms with Crippen LogP contribution in [0.2, 0.25) is 0 Å². The molecule has 16 heavy (non-hydrogen) atoms. The van der Waals surface area contributed by atoms with Crippen LogP contribution in [-0.4, -0.2) is 0 Å². The lowest BCUT2D eigenvalue weighted by Gasteiger charge is -2.25. The van der Waals surface area contributed by atoms with Gasteiger partial charge in [0.2, 0.25) is 0 Å². The van der Waals surface area contributed by atoms with Crippen molar-refractivity contribution in [2.45, 2.75) is 53.6 Å². The van der Waals surface area contributed by atoms with Gasteiger partial charge in [-0.25, -0.2) is 0 Å². The van der Waals surface area contributed by atoms with Crippen molar-refractivity contribution in [2.75, 3.05) is 0 Å². The summed E-state index contributed by atoms with van der Waals surface area (Å²) in [6.07, 6.45) is 0. The van der Waals surface area contributed by atoms with Gasteiger partial charge < -0.3 is 11.5 Å². The summed E-state index contributed by atoms with van der Waals surface area (Å²) in [7, 11) is 0. The molecule has 0 saturated carbocycles. The van der Waals surface area contributed by atoms with Crippen LogP contribution >= 0.6 is 0 Å². The van der Waals surface area contributed by atoms with E-state index in [9.17, 15) is 0 Å². The van der Waals surface area contributed by atoms with E-state index < -0.39 is 0 Å². The van der Waals surface area contributed by atoms with E-state index in [1.54, 1.807) is 0 Å². The van der Waals surface area contributed by atoms with Gasteiger partial charge >= 0.3 is 0 Å². The van der Waals surface area contributed by atoms with Crippen LogP contribution in [0.5, 0.6) is 0 Å². The predicted molar refractivity (Wildman–Crippen MR) is 70.6 cm³/mol. The van der Waals surface area contributed by atoms with Gasteiger partial charge in [-0.3, -0.25) is 0 Å². The third-order valence-corrected chi connectivity index (χ3v) is 3.70. The summed E-state index contributed by atoms with van der Waals surface area (Å²) >= 11 is 0. The summed E-state index contributed by atoms with van der Waals surface area (Å²) in [6.45, 7) is 12.7. The highest BCUT2D eigenvalue weighted by Crippen LogP contribution is 2.32. The van der Waals surface area contributed by atoms with Gasteiger partial charge in [0, 0.05) is 12.1 Å². The minimum Gasteiger partial charge on any atom is -0.324 e. The van der Waals surface area contributed by atoms with Gasteiger partial charge in [0.05, 0.1) is 0 Å². The van der Waals surface area contributed by atoms with Gasteiger partial charge in [0.15, 0.2) is 0 Å². The molecule has 0 aromatic heterocycles. The highest BCUT2D eigenvalue weighted by Gasteiger charge is 2.19.